The van der Waals surface area contributed by atoms with Gasteiger partial charge in [0, 0.05) is 12.1 Å². The summed E-state index contributed by atoms with van der Waals surface area (Å²) in [4.78, 5) is 14.8. The van der Waals surface area contributed by atoms with E-state index in [1.165, 1.54) is 0 Å². The summed E-state index contributed by atoms with van der Waals surface area (Å²) in [5.74, 6) is 0.352. The van der Waals surface area contributed by atoms with Gasteiger partial charge in [0.25, 0.3) is 0 Å². The van der Waals surface area contributed by atoms with E-state index < -0.39 is 0 Å². The first kappa shape index (κ1) is 10.0. The maximum absolute atomic E-state index is 11.8. The third-order valence-corrected chi connectivity index (χ3v) is 2.71. The first-order valence-electron chi connectivity index (χ1n) is 4.76. The molecule has 0 aliphatic rings. The van der Waals surface area contributed by atoms with Crippen molar-refractivity contribution in [3.8, 4) is 0 Å². The number of aromatic amines is 1. The fourth-order valence-electron chi connectivity index (χ4n) is 1.28. The van der Waals surface area contributed by atoms with Gasteiger partial charge in [0.1, 0.15) is 0 Å². The molecule has 0 spiro atoms. The number of aromatic nitrogens is 1. The van der Waals surface area contributed by atoms with E-state index >= 15 is 0 Å². The Morgan fingerprint density at radius 3 is 2.54 bits per heavy atom. The van der Waals surface area contributed by atoms with Gasteiger partial charge in [0.15, 0.2) is 5.78 Å². The number of carbonyl (C=O) groups excluding carboxylic acids is 1. The van der Waals surface area contributed by atoms with Crippen LogP contribution in [0.4, 0.5) is 0 Å². The number of H-pyrrole nitrogens is 1. The lowest BCUT2D eigenvalue weighted by Crippen LogP contribution is -2.11. The Hall–Kier alpha value is -1.05. The quantitative estimate of drug-likeness (QED) is 0.711. The van der Waals surface area contributed by atoms with Crippen LogP contribution < -0.4 is 0 Å². The summed E-state index contributed by atoms with van der Waals surface area (Å²) in [6.07, 6.45) is 2.79. The van der Waals surface area contributed by atoms with Crippen LogP contribution >= 0.6 is 0 Å². The van der Waals surface area contributed by atoms with Crippen molar-refractivity contribution in [1.29, 1.82) is 0 Å². The molecule has 1 unspecified atom stereocenters. The third-order valence-electron chi connectivity index (χ3n) is 2.71. The van der Waals surface area contributed by atoms with Crippen LogP contribution in [-0.4, -0.2) is 10.8 Å². The fraction of sp³-hybridized carbons (Fsp3) is 0.545. The Morgan fingerprint density at radius 2 is 2.15 bits per heavy atom. The number of hydrogen-bond acceptors (Lipinski definition) is 1. The minimum absolute atomic E-state index is 0.122. The third kappa shape index (κ3) is 1.82. The standard InChI is InChI=1S/C11H17NO/c1-5-7(2)11(13)10-9(4)8(3)6-12-10/h6-7,12H,5H2,1-4H3. The Balaban J connectivity index is 2.95. The topological polar surface area (TPSA) is 32.9 Å². The van der Waals surface area contributed by atoms with Crippen LogP contribution in [0.2, 0.25) is 0 Å². The molecule has 0 aromatic carbocycles. The monoisotopic (exact) mass is 179 g/mol. The minimum atomic E-state index is 0.122. The Morgan fingerprint density at radius 1 is 1.54 bits per heavy atom. The smallest absolute Gasteiger partial charge is 0.182 e. The Kier molecular flexibility index (Phi) is 2.91. The van der Waals surface area contributed by atoms with Crippen LogP contribution in [0.3, 0.4) is 0 Å². The van der Waals surface area contributed by atoms with Gasteiger partial charge in [-0.25, -0.2) is 0 Å². The molecule has 0 saturated carbocycles. The number of Topliss-reactive ketones (excluding diaryl/α,β-unsaturated/α-hetero) is 1. The van der Waals surface area contributed by atoms with E-state index in [2.05, 4.69) is 4.98 Å². The highest BCUT2D eigenvalue weighted by atomic mass is 16.1. The van der Waals surface area contributed by atoms with Crippen LogP contribution in [0.1, 0.15) is 41.9 Å². The summed E-state index contributed by atoms with van der Waals surface area (Å²) >= 11 is 0. The molecule has 13 heavy (non-hydrogen) atoms. The van der Waals surface area contributed by atoms with E-state index in [1.807, 2.05) is 33.9 Å². The van der Waals surface area contributed by atoms with Gasteiger partial charge in [-0.15, -0.1) is 0 Å². The molecule has 0 bridgehead atoms. The molecule has 2 nitrogen and oxygen atoms in total. The molecule has 0 aliphatic heterocycles. The van der Waals surface area contributed by atoms with Gasteiger partial charge >= 0.3 is 0 Å². The van der Waals surface area contributed by atoms with E-state index in [9.17, 15) is 4.79 Å². The molecule has 0 radical (unpaired) electrons. The average Bonchev–Trinajstić information content (AvgIpc) is 2.45. The molecule has 0 fully saturated rings. The zero-order chi connectivity index (χ0) is 10.0. The predicted molar refractivity (Wildman–Crippen MR) is 54.1 cm³/mol. The van der Waals surface area contributed by atoms with Crippen molar-refractivity contribution < 1.29 is 4.79 Å². The summed E-state index contributed by atoms with van der Waals surface area (Å²) in [5, 5.41) is 0. The summed E-state index contributed by atoms with van der Waals surface area (Å²) < 4.78 is 0. The number of hydrogen-bond donors (Lipinski definition) is 1. The fourth-order valence-corrected chi connectivity index (χ4v) is 1.28. The number of ketones is 1. The first-order valence-corrected chi connectivity index (χ1v) is 4.76. The molecule has 72 valence electrons. The number of nitrogens with one attached hydrogen (secondary N) is 1. The van der Waals surface area contributed by atoms with Crippen molar-refractivity contribution in [3.05, 3.63) is 23.0 Å². The maximum Gasteiger partial charge on any atom is 0.182 e. The Bertz CT molecular complexity index is 312. The van der Waals surface area contributed by atoms with E-state index in [4.69, 9.17) is 0 Å². The van der Waals surface area contributed by atoms with Crippen LogP contribution in [0.25, 0.3) is 0 Å². The van der Waals surface area contributed by atoms with Crippen molar-refractivity contribution in [2.24, 2.45) is 5.92 Å². The lowest BCUT2D eigenvalue weighted by molar-refractivity contribution is 0.0922. The molecule has 0 aliphatic carbocycles. The second-order valence-corrected chi connectivity index (χ2v) is 3.65. The molecule has 0 amide bonds. The molecule has 0 saturated heterocycles. The van der Waals surface area contributed by atoms with Gasteiger partial charge in [-0.1, -0.05) is 13.8 Å². The first-order chi connectivity index (χ1) is 6.07. The Labute approximate surface area is 79.4 Å². The SMILES string of the molecule is CCC(C)C(=O)c1[nH]cc(C)c1C. The normalized spacial score (nSPS) is 12.9. The highest BCUT2D eigenvalue weighted by Gasteiger charge is 2.17. The van der Waals surface area contributed by atoms with Crippen molar-refractivity contribution in [2.45, 2.75) is 34.1 Å². The zero-order valence-corrected chi connectivity index (χ0v) is 8.77. The molecular weight excluding hydrogens is 162 g/mol. The number of carbonyl (C=O) groups is 1. The van der Waals surface area contributed by atoms with E-state index in [-0.39, 0.29) is 11.7 Å². The van der Waals surface area contributed by atoms with Gasteiger partial charge in [-0.05, 0) is 31.4 Å². The second kappa shape index (κ2) is 3.77. The van der Waals surface area contributed by atoms with Crippen LogP contribution in [0, 0.1) is 19.8 Å². The molecule has 2 heteroatoms. The van der Waals surface area contributed by atoms with Gasteiger partial charge in [0.2, 0.25) is 0 Å². The van der Waals surface area contributed by atoms with Gasteiger partial charge in [-0.3, -0.25) is 4.79 Å². The maximum atomic E-state index is 11.8. The van der Waals surface area contributed by atoms with Crippen molar-refractivity contribution in [1.82, 2.24) is 4.98 Å². The molecule has 1 heterocycles. The van der Waals surface area contributed by atoms with Crippen LogP contribution in [0.15, 0.2) is 6.20 Å². The van der Waals surface area contributed by atoms with Crippen molar-refractivity contribution >= 4 is 5.78 Å². The van der Waals surface area contributed by atoms with Crippen LogP contribution in [0.5, 0.6) is 0 Å². The van der Waals surface area contributed by atoms with Crippen molar-refractivity contribution in [2.75, 3.05) is 0 Å². The predicted octanol–water partition coefficient (Wildman–Crippen LogP) is 2.86. The molecule has 1 N–H and O–H groups in total. The van der Waals surface area contributed by atoms with Gasteiger partial charge in [-0.2, -0.15) is 0 Å². The van der Waals surface area contributed by atoms with E-state index in [1.54, 1.807) is 0 Å². The van der Waals surface area contributed by atoms with Gasteiger partial charge in [0.05, 0.1) is 5.69 Å². The lowest BCUT2D eigenvalue weighted by atomic mass is 9.99. The summed E-state index contributed by atoms with van der Waals surface area (Å²) in [6, 6.07) is 0. The molecule has 1 aromatic heterocycles. The highest BCUT2D eigenvalue weighted by Crippen LogP contribution is 2.16. The molecular formula is C11H17NO. The minimum Gasteiger partial charge on any atom is -0.358 e. The molecule has 1 atom stereocenters. The summed E-state index contributed by atoms with van der Waals surface area (Å²) in [7, 11) is 0. The molecule has 1 rings (SSSR count). The highest BCUT2D eigenvalue weighted by molar-refractivity contribution is 5.97. The zero-order valence-electron chi connectivity index (χ0n) is 8.77. The number of rotatable bonds is 3. The summed E-state index contributed by atoms with van der Waals surface area (Å²) in [5.41, 5.74) is 3.03. The van der Waals surface area contributed by atoms with Crippen LogP contribution in [-0.2, 0) is 0 Å². The molecule has 1 aromatic rings. The van der Waals surface area contributed by atoms with Gasteiger partial charge < -0.3 is 4.98 Å². The van der Waals surface area contributed by atoms with E-state index in [0.717, 1.165) is 23.2 Å². The number of aryl methyl sites for hydroxylation is 1. The average molecular weight is 179 g/mol. The lowest BCUT2D eigenvalue weighted by Gasteiger charge is -2.06. The largest absolute Gasteiger partial charge is 0.358 e. The second-order valence-electron chi connectivity index (χ2n) is 3.65. The summed E-state index contributed by atoms with van der Waals surface area (Å²) in [6.45, 7) is 8.01. The van der Waals surface area contributed by atoms with E-state index in [0.29, 0.717) is 0 Å². The van der Waals surface area contributed by atoms with Crippen molar-refractivity contribution in [3.63, 3.8) is 0 Å².